The van der Waals surface area contributed by atoms with E-state index in [4.69, 9.17) is 4.74 Å². The minimum Gasteiger partial charge on any atom is -0.438 e. The highest BCUT2D eigenvalue weighted by molar-refractivity contribution is 5.97. The van der Waals surface area contributed by atoms with Gasteiger partial charge < -0.3 is 18.9 Å². The monoisotopic (exact) mass is 324 g/mol. The lowest BCUT2D eigenvalue weighted by molar-refractivity contribution is -0.164. The smallest absolute Gasteiger partial charge is 0.341 e. The van der Waals surface area contributed by atoms with E-state index in [1.165, 1.54) is 32.2 Å². The summed E-state index contributed by atoms with van der Waals surface area (Å²) in [5.41, 5.74) is 0.505. The average Bonchev–Trinajstić information content (AvgIpc) is 2.52. The highest BCUT2D eigenvalue weighted by Crippen LogP contribution is 2.07. The van der Waals surface area contributed by atoms with Crippen LogP contribution >= 0.6 is 0 Å². The van der Waals surface area contributed by atoms with Crippen LogP contribution in [0.1, 0.15) is 34.1 Å². The predicted molar refractivity (Wildman–Crippen MR) is 75.4 cm³/mol. The molecule has 1 aromatic carbocycles. The molecule has 0 fully saturated rings. The molecule has 0 atom stereocenters. The minimum atomic E-state index is -0.906. The van der Waals surface area contributed by atoms with Gasteiger partial charge in [0.05, 0.1) is 5.56 Å². The van der Waals surface area contributed by atoms with E-state index in [2.05, 4.69) is 14.2 Å². The Kier molecular flexibility index (Phi) is 7.41. The van der Waals surface area contributed by atoms with Gasteiger partial charge in [0.15, 0.2) is 12.6 Å². The van der Waals surface area contributed by atoms with E-state index >= 15 is 0 Å². The molecule has 124 valence electrons. The predicted octanol–water partition coefficient (Wildman–Crippen LogP) is 1.08. The van der Waals surface area contributed by atoms with Crippen LogP contribution in [-0.2, 0) is 28.5 Å². The molecule has 0 aliphatic rings. The van der Waals surface area contributed by atoms with E-state index in [0.717, 1.165) is 0 Å². The Morgan fingerprint density at radius 1 is 0.913 bits per heavy atom. The Labute approximate surface area is 132 Å². The molecule has 0 amide bonds. The van der Waals surface area contributed by atoms with Crippen molar-refractivity contribution in [3.05, 3.63) is 35.4 Å². The first kappa shape index (κ1) is 18.3. The van der Waals surface area contributed by atoms with Crippen molar-refractivity contribution < 1.29 is 38.1 Å². The fraction of sp³-hybridized carbons (Fsp3) is 0.333. The third kappa shape index (κ3) is 6.70. The van der Waals surface area contributed by atoms with Crippen LogP contribution in [0, 0.1) is 0 Å². The maximum atomic E-state index is 11.7. The summed E-state index contributed by atoms with van der Waals surface area (Å²) in [6, 6.07) is 5.92. The highest BCUT2D eigenvalue weighted by atomic mass is 16.7. The van der Waals surface area contributed by atoms with E-state index in [0.29, 0.717) is 5.56 Å². The third-order valence-electron chi connectivity index (χ3n) is 2.54. The SMILES string of the molecule is COCOC(=O)CC(=O)OCOC(=O)c1cccc(C(C)=O)c1. The molecule has 0 bridgehead atoms. The summed E-state index contributed by atoms with van der Waals surface area (Å²) in [6.45, 7) is 0.446. The molecule has 0 spiro atoms. The fourth-order valence-corrected chi connectivity index (χ4v) is 1.44. The van der Waals surface area contributed by atoms with Crippen LogP contribution in [0.25, 0.3) is 0 Å². The molecule has 0 aliphatic carbocycles. The average molecular weight is 324 g/mol. The number of carbonyl (C=O) groups excluding carboxylic acids is 4. The van der Waals surface area contributed by atoms with Crippen molar-refractivity contribution in [1.29, 1.82) is 0 Å². The van der Waals surface area contributed by atoms with E-state index in [1.54, 1.807) is 6.07 Å². The molecule has 0 aliphatic heterocycles. The Bertz CT molecular complexity index is 593. The molecular weight excluding hydrogens is 308 g/mol. The van der Waals surface area contributed by atoms with Crippen molar-refractivity contribution in [3.8, 4) is 0 Å². The second-order valence-electron chi connectivity index (χ2n) is 4.30. The van der Waals surface area contributed by atoms with Gasteiger partial charge in [0, 0.05) is 12.7 Å². The maximum Gasteiger partial charge on any atom is 0.341 e. The first-order chi connectivity index (χ1) is 10.9. The zero-order valence-corrected chi connectivity index (χ0v) is 12.7. The van der Waals surface area contributed by atoms with Crippen molar-refractivity contribution in [3.63, 3.8) is 0 Å². The van der Waals surface area contributed by atoms with Gasteiger partial charge in [-0.15, -0.1) is 0 Å². The second-order valence-corrected chi connectivity index (χ2v) is 4.30. The molecule has 1 rings (SSSR count). The Balaban J connectivity index is 2.39. The molecule has 0 saturated carbocycles. The Hall–Kier alpha value is -2.74. The van der Waals surface area contributed by atoms with Crippen molar-refractivity contribution in [2.45, 2.75) is 13.3 Å². The van der Waals surface area contributed by atoms with Crippen LogP contribution in [0.4, 0.5) is 0 Å². The molecule has 0 unspecified atom stereocenters. The fourth-order valence-electron chi connectivity index (χ4n) is 1.44. The summed E-state index contributed by atoms with van der Waals surface area (Å²) in [4.78, 5) is 45.3. The molecule has 0 aromatic heterocycles. The number of hydrogen-bond acceptors (Lipinski definition) is 8. The van der Waals surface area contributed by atoms with Gasteiger partial charge in [-0.3, -0.25) is 14.4 Å². The minimum absolute atomic E-state index is 0.147. The Morgan fingerprint density at radius 2 is 1.52 bits per heavy atom. The molecule has 0 N–H and O–H groups in total. The number of hydrogen-bond donors (Lipinski definition) is 0. The van der Waals surface area contributed by atoms with Crippen molar-refractivity contribution >= 4 is 23.7 Å². The number of benzene rings is 1. The van der Waals surface area contributed by atoms with Crippen LogP contribution in [0.15, 0.2) is 24.3 Å². The Morgan fingerprint density at radius 3 is 2.13 bits per heavy atom. The van der Waals surface area contributed by atoms with Crippen molar-refractivity contribution in [2.75, 3.05) is 20.7 Å². The quantitative estimate of drug-likeness (QED) is 0.303. The molecule has 8 nitrogen and oxygen atoms in total. The summed E-state index contributed by atoms with van der Waals surface area (Å²) < 4.78 is 18.3. The van der Waals surface area contributed by atoms with Crippen LogP contribution in [0.3, 0.4) is 0 Å². The van der Waals surface area contributed by atoms with Crippen molar-refractivity contribution in [2.24, 2.45) is 0 Å². The maximum absolute atomic E-state index is 11.7. The summed E-state index contributed by atoms with van der Waals surface area (Å²) in [5.74, 6) is -2.68. The van der Waals surface area contributed by atoms with E-state index in [-0.39, 0.29) is 18.1 Å². The number of rotatable bonds is 8. The molecular formula is C15H16O8. The van der Waals surface area contributed by atoms with Gasteiger partial charge in [0.2, 0.25) is 6.79 Å². The van der Waals surface area contributed by atoms with Gasteiger partial charge in [0.1, 0.15) is 6.42 Å². The number of carbonyl (C=O) groups is 4. The van der Waals surface area contributed by atoms with Crippen LogP contribution in [0.2, 0.25) is 0 Å². The lowest BCUT2D eigenvalue weighted by Crippen LogP contribution is -2.17. The largest absolute Gasteiger partial charge is 0.438 e. The first-order valence-electron chi connectivity index (χ1n) is 6.52. The number of ketones is 1. The van der Waals surface area contributed by atoms with E-state index < -0.39 is 31.1 Å². The van der Waals surface area contributed by atoms with Crippen molar-refractivity contribution in [1.82, 2.24) is 0 Å². The summed E-state index contributed by atoms with van der Waals surface area (Å²) in [5, 5.41) is 0. The molecule has 23 heavy (non-hydrogen) atoms. The van der Waals surface area contributed by atoms with Gasteiger partial charge in [-0.05, 0) is 19.1 Å². The number of esters is 3. The molecule has 0 radical (unpaired) electrons. The van der Waals surface area contributed by atoms with Gasteiger partial charge in [0.25, 0.3) is 0 Å². The number of methoxy groups -OCH3 is 1. The molecule has 0 heterocycles. The molecule has 8 heteroatoms. The lowest BCUT2D eigenvalue weighted by Gasteiger charge is -2.07. The van der Waals surface area contributed by atoms with Crippen LogP contribution < -0.4 is 0 Å². The topological polar surface area (TPSA) is 105 Å². The molecule has 1 aromatic rings. The summed E-state index contributed by atoms with van der Waals surface area (Å²) >= 11 is 0. The standard InChI is InChI=1S/C15H16O8/c1-10(16)11-4-3-5-12(6-11)15(19)23-9-22-14(18)7-13(17)21-8-20-2/h3-6H,7-9H2,1-2H3. The highest BCUT2D eigenvalue weighted by Gasteiger charge is 2.14. The third-order valence-corrected chi connectivity index (χ3v) is 2.54. The van der Waals surface area contributed by atoms with E-state index in [9.17, 15) is 19.2 Å². The van der Waals surface area contributed by atoms with E-state index in [1.807, 2.05) is 0 Å². The number of ether oxygens (including phenoxy) is 4. The summed E-state index contributed by atoms with van der Waals surface area (Å²) in [6.07, 6.45) is -0.624. The van der Waals surface area contributed by atoms with Crippen LogP contribution in [0.5, 0.6) is 0 Å². The van der Waals surface area contributed by atoms with Gasteiger partial charge in [-0.1, -0.05) is 12.1 Å². The zero-order chi connectivity index (χ0) is 17.2. The molecule has 0 saturated heterocycles. The van der Waals surface area contributed by atoms with Gasteiger partial charge >= 0.3 is 17.9 Å². The zero-order valence-electron chi connectivity index (χ0n) is 12.7. The van der Waals surface area contributed by atoms with Gasteiger partial charge in [-0.25, -0.2) is 4.79 Å². The normalized spacial score (nSPS) is 9.83. The summed E-state index contributed by atoms with van der Waals surface area (Å²) in [7, 11) is 1.33. The lowest BCUT2D eigenvalue weighted by atomic mass is 10.1. The van der Waals surface area contributed by atoms with Gasteiger partial charge in [-0.2, -0.15) is 0 Å². The second kappa shape index (κ2) is 9.31. The van der Waals surface area contributed by atoms with Crippen LogP contribution in [-0.4, -0.2) is 44.4 Å². The first-order valence-corrected chi connectivity index (χ1v) is 6.52. The number of Topliss-reactive ketones (excluding diaryl/α,β-unsaturated/α-hetero) is 1.